The Morgan fingerprint density at radius 1 is 1.03 bits per heavy atom. The van der Waals surface area contributed by atoms with Crippen molar-refractivity contribution in [3.63, 3.8) is 0 Å². The molecule has 0 saturated carbocycles. The monoisotopic (exact) mass is 434 g/mol. The van der Waals surface area contributed by atoms with Crippen LogP contribution in [0.5, 0.6) is 5.88 Å². The molecule has 0 unspecified atom stereocenters. The average Bonchev–Trinajstić information content (AvgIpc) is 2.83. The van der Waals surface area contributed by atoms with E-state index in [2.05, 4.69) is 71.4 Å². The van der Waals surface area contributed by atoms with Crippen LogP contribution in [0.1, 0.15) is 35.2 Å². The third-order valence-electron chi connectivity index (χ3n) is 5.79. The minimum atomic E-state index is 0.314. The zero-order chi connectivity index (χ0) is 21.5. The highest BCUT2D eigenvalue weighted by molar-refractivity contribution is 7.98. The van der Waals surface area contributed by atoms with Gasteiger partial charge >= 0.3 is 0 Å². The Morgan fingerprint density at radius 3 is 2.68 bits per heavy atom. The minimum absolute atomic E-state index is 0.314. The molecule has 1 atom stereocenters. The molecule has 4 nitrogen and oxygen atoms in total. The molecule has 5 heteroatoms. The SMILES string of the molecule is COCCOc1ccc([C@@H](C)N2CCc3ccc(SCc4ccccc4)cc3C2)cn1. The summed E-state index contributed by atoms with van der Waals surface area (Å²) in [6.45, 7) is 5.39. The van der Waals surface area contributed by atoms with E-state index < -0.39 is 0 Å². The fraction of sp³-hybridized carbons (Fsp3) is 0.346. The van der Waals surface area contributed by atoms with Crippen LogP contribution in [0.3, 0.4) is 0 Å². The lowest BCUT2D eigenvalue weighted by Crippen LogP contribution is -2.33. The van der Waals surface area contributed by atoms with Gasteiger partial charge in [0.15, 0.2) is 0 Å². The predicted molar refractivity (Wildman–Crippen MR) is 127 cm³/mol. The number of rotatable bonds is 9. The Labute approximate surface area is 189 Å². The van der Waals surface area contributed by atoms with E-state index in [9.17, 15) is 0 Å². The normalized spacial score (nSPS) is 14.8. The first-order valence-corrected chi connectivity index (χ1v) is 11.8. The molecular formula is C26H30N2O2S. The molecule has 0 bridgehead atoms. The molecule has 31 heavy (non-hydrogen) atoms. The number of hydrogen-bond acceptors (Lipinski definition) is 5. The van der Waals surface area contributed by atoms with Crippen molar-refractivity contribution in [1.29, 1.82) is 0 Å². The van der Waals surface area contributed by atoms with E-state index in [0.29, 0.717) is 25.1 Å². The van der Waals surface area contributed by atoms with Gasteiger partial charge in [-0.15, -0.1) is 11.8 Å². The molecule has 2 heterocycles. The highest BCUT2D eigenvalue weighted by Crippen LogP contribution is 2.31. The third kappa shape index (κ3) is 5.88. The molecule has 0 amide bonds. The van der Waals surface area contributed by atoms with Crippen molar-refractivity contribution in [2.24, 2.45) is 0 Å². The molecule has 2 aromatic carbocycles. The molecule has 0 N–H and O–H groups in total. The molecule has 1 aliphatic heterocycles. The number of fused-ring (bicyclic) bond motifs is 1. The molecule has 1 aliphatic rings. The van der Waals surface area contributed by atoms with Crippen LogP contribution in [0, 0.1) is 0 Å². The van der Waals surface area contributed by atoms with Crippen LogP contribution in [0.15, 0.2) is 71.8 Å². The highest BCUT2D eigenvalue weighted by atomic mass is 32.2. The summed E-state index contributed by atoms with van der Waals surface area (Å²) < 4.78 is 10.6. The van der Waals surface area contributed by atoms with Crippen LogP contribution in [0.4, 0.5) is 0 Å². The van der Waals surface area contributed by atoms with Crippen molar-refractivity contribution in [3.05, 3.63) is 89.1 Å². The van der Waals surface area contributed by atoms with E-state index >= 15 is 0 Å². The van der Waals surface area contributed by atoms with Crippen LogP contribution >= 0.6 is 11.8 Å². The first kappa shape index (κ1) is 21.9. The van der Waals surface area contributed by atoms with Crippen molar-refractivity contribution < 1.29 is 9.47 Å². The van der Waals surface area contributed by atoms with E-state index in [-0.39, 0.29) is 0 Å². The second-order valence-corrected chi connectivity index (χ2v) is 8.92. The van der Waals surface area contributed by atoms with Gasteiger partial charge in [0.25, 0.3) is 0 Å². The summed E-state index contributed by atoms with van der Waals surface area (Å²) in [5.41, 5.74) is 5.51. The fourth-order valence-electron chi connectivity index (χ4n) is 3.88. The molecule has 0 spiro atoms. The summed E-state index contributed by atoms with van der Waals surface area (Å²) in [6, 6.07) is 22.0. The zero-order valence-corrected chi connectivity index (χ0v) is 19.1. The Bertz CT molecular complexity index is 963. The Balaban J connectivity index is 1.38. The standard InChI is InChI=1S/C26H30N2O2S/c1-20(23-9-11-26(27-17-23)30-15-14-29-2)28-13-12-22-8-10-25(16-24(22)18-28)31-19-21-6-4-3-5-7-21/h3-11,16-17,20H,12-15,18-19H2,1-2H3/t20-/m1/s1. The third-order valence-corrected chi connectivity index (χ3v) is 6.86. The topological polar surface area (TPSA) is 34.6 Å². The van der Waals surface area contributed by atoms with Gasteiger partial charge < -0.3 is 9.47 Å². The van der Waals surface area contributed by atoms with Crippen molar-refractivity contribution in [2.75, 3.05) is 26.9 Å². The van der Waals surface area contributed by atoms with Crippen molar-refractivity contribution in [1.82, 2.24) is 9.88 Å². The second-order valence-electron chi connectivity index (χ2n) is 7.87. The van der Waals surface area contributed by atoms with Gasteiger partial charge in [-0.25, -0.2) is 4.98 Å². The summed E-state index contributed by atoms with van der Waals surface area (Å²) >= 11 is 1.91. The van der Waals surface area contributed by atoms with Crippen LogP contribution in [-0.2, 0) is 23.5 Å². The molecule has 0 aliphatic carbocycles. The van der Waals surface area contributed by atoms with Gasteiger partial charge in [-0.3, -0.25) is 4.90 Å². The van der Waals surface area contributed by atoms with Gasteiger partial charge in [-0.1, -0.05) is 42.5 Å². The average molecular weight is 435 g/mol. The second kappa shape index (κ2) is 10.8. The maximum absolute atomic E-state index is 5.59. The summed E-state index contributed by atoms with van der Waals surface area (Å²) in [6.07, 6.45) is 3.03. The molecule has 1 aromatic heterocycles. The maximum Gasteiger partial charge on any atom is 0.213 e. The zero-order valence-electron chi connectivity index (χ0n) is 18.3. The van der Waals surface area contributed by atoms with E-state index in [1.807, 2.05) is 24.0 Å². The van der Waals surface area contributed by atoms with E-state index in [0.717, 1.165) is 25.3 Å². The largest absolute Gasteiger partial charge is 0.475 e. The summed E-state index contributed by atoms with van der Waals surface area (Å²) in [5.74, 6) is 1.65. The lowest BCUT2D eigenvalue weighted by Gasteiger charge is -2.34. The van der Waals surface area contributed by atoms with Crippen LogP contribution in [0.2, 0.25) is 0 Å². The van der Waals surface area contributed by atoms with Gasteiger partial charge in [0, 0.05) is 49.2 Å². The number of ether oxygens (including phenoxy) is 2. The first-order chi connectivity index (χ1) is 15.2. The first-order valence-electron chi connectivity index (χ1n) is 10.8. The smallest absolute Gasteiger partial charge is 0.213 e. The van der Waals surface area contributed by atoms with Crippen LogP contribution < -0.4 is 4.74 Å². The van der Waals surface area contributed by atoms with Gasteiger partial charge in [-0.2, -0.15) is 0 Å². The van der Waals surface area contributed by atoms with Gasteiger partial charge in [0.1, 0.15) is 6.61 Å². The Kier molecular flexibility index (Phi) is 7.62. The lowest BCUT2D eigenvalue weighted by molar-refractivity contribution is 0.143. The van der Waals surface area contributed by atoms with Crippen molar-refractivity contribution >= 4 is 11.8 Å². The highest BCUT2D eigenvalue weighted by Gasteiger charge is 2.22. The molecular weight excluding hydrogens is 404 g/mol. The molecule has 0 radical (unpaired) electrons. The number of nitrogens with zero attached hydrogens (tertiary/aromatic N) is 2. The van der Waals surface area contributed by atoms with E-state index in [1.54, 1.807) is 7.11 Å². The van der Waals surface area contributed by atoms with Gasteiger partial charge in [0.05, 0.1) is 6.61 Å². The maximum atomic E-state index is 5.59. The number of aromatic nitrogens is 1. The number of benzene rings is 2. The fourth-order valence-corrected chi connectivity index (χ4v) is 4.80. The number of thioether (sulfide) groups is 1. The Morgan fingerprint density at radius 2 is 1.90 bits per heavy atom. The predicted octanol–water partition coefficient (Wildman–Crippen LogP) is 5.52. The molecule has 0 saturated heterocycles. The summed E-state index contributed by atoms with van der Waals surface area (Å²) in [7, 11) is 1.67. The summed E-state index contributed by atoms with van der Waals surface area (Å²) in [4.78, 5) is 8.35. The number of methoxy groups -OCH3 is 1. The van der Waals surface area contributed by atoms with Crippen molar-refractivity contribution in [2.45, 2.75) is 36.6 Å². The molecule has 3 aromatic rings. The van der Waals surface area contributed by atoms with E-state index in [1.165, 1.54) is 27.1 Å². The van der Waals surface area contributed by atoms with E-state index in [4.69, 9.17) is 9.47 Å². The van der Waals surface area contributed by atoms with Gasteiger partial charge in [-0.05, 0) is 47.7 Å². The van der Waals surface area contributed by atoms with Crippen LogP contribution in [0.25, 0.3) is 0 Å². The number of pyridine rings is 1. The number of hydrogen-bond donors (Lipinski definition) is 0. The van der Waals surface area contributed by atoms with Crippen LogP contribution in [-0.4, -0.2) is 36.8 Å². The molecule has 162 valence electrons. The quantitative estimate of drug-likeness (QED) is 0.327. The Hall–Kier alpha value is -2.34. The summed E-state index contributed by atoms with van der Waals surface area (Å²) in [5, 5.41) is 0. The molecule has 0 fully saturated rings. The van der Waals surface area contributed by atoms with Crippen molar-refractivity contribution in [3.8, 4) is 5.88 Å². The van der Waals surface area contributed by atoms with Gasteiger partial charge in [0.2, 0.25) is 5.88 Å². The molecule has 4 rings (SSSR count). The minimum Gasteiger partial charge on any atom is -0.475 e. The lowest BCUT2D eigenvalue weighted by atomic mass is 9.97.